The largest absolute Gasteiger partial charge is 0.493 e. The predicted octanol–water partition coefficient (Wildman–Crippen LogP) is 2.22. The monoisotopic (exact) mass is 257 g/mol. The molecule has 1 aromatic rings. The molecule has 0 fully saturated rings. The van der Waals surface area contributed by atoms with Crippen molar-refractivity contribution in [2.24, 2.45) is 0 Å². The highest BCUT2D eigenvalue weighted by Crippen LogP contribution is 2.25. The first-order chi connectivity index (χ1) is 8.17. The van der Waals surface area contributed by atoms with Crippen LogP contribution in [0.5, 0.6) is 5.75 Å². The van der Waals surface area contributed by atoms with Gasteiger partial charge in [0.1, 0.15) is 5.75 Å². The number of aliphatic hydroxyl groups excluding tert-OH is 1. The third-order valence-electron chi connectivity index (χ3n) is 2.04. The van der Waals surface area contributed by atoms with Crippen LogP contribution in [0, 0.1) is 10.1 Å². The molecule has 0 radical (unpaired) electrons. The van der Waals surface area contributed by atoms with Crippen molar-refractivity contribution in [3.63, 3.8) is 0 Å². The van der Waals surface area contributed by atoms with Gasteiger partial charge < -0.3 is 9.84 Å². The number of ether oxygens (including phenoxy) is 1. The summed E-state index contributed by atoms with van der Waals surface area (Å²) in [5.41, 5.74) is 0.904. The van der Waals surface area contributed by atoms with E-state index in [2.05, 4.69) is 0 Å². The van der Waals surface area contributed by atoms with Crippen molar-refractivity contribution in [2.45, 2.75) is 12.2 Å². The summed E-state index contributed by atoms with van der Waals surface area (Å²) in [5.74, 6) is 1.19. The number of hydrogen-bond donors (Lipinski definition) is 1. The molecule has 0 atom stereocenters. The van der Waals surface area contributed by atoms with Gasteiger partial charge in [-0.05, 0) is 17.9 Å². The third kappa shape index (κ3) is 4.62. The molecule has 1 N–H and O–H groups in total. The Morgan fingerprint density at radius 3 is 2.82 bits per heavy atom. The van der Waals surface area contributed by atoms with E-state index in [9.17, 15) is 10.1 Å². The fraction of sp³-hybridized carbons (Fsp3) is 0.455. The van der Waals surface area contributed by atoms with Gasteiger partial charge in [-0.25, -0.2) is 0 Å². The predicted molar refractivity (Wildman–Crippen MR) is 67.5 cm³/mol. The molecule has 0 bridgehead atoms. The SMILES string of the molecule is CSCc1cc(OCCCO)cc([N+](=O)[O-])c1. The number of benzene rings is 1. The molecule has 0 heterocycles. The lowest BCUT2D eigenvalue weighted by atomic mass is 10.2. The van der Waals surface area contributed by atoms with E-state index in [1.807, 2.05) is 6.26 Å². The van der Waals surface area contributed by atoms with Gasteiger partial charge in [0.05, 0.1) is 17.6 Å². The Morgan fingerprint density at radius 1 is 1.47 bits per heavy atom. The first kappa shape index (κ1) is 13.8. The Bertz CT molecular complexity index is 384. The molecular weight excluding hydrogens is 242 g/mol. The van der Waals surface area contributed by atoms with Crippen LogP contribution < -0.4 is 4.74 Å². The Labute approximate surface area is 104 Å². The minimum absolute atomic E-state index is 0.0375. The summed E-state index contributed by atoms with van der Waals surface area (Å²) in [5, 5.41) is 19.4. The van der Waals surface area contributed by atoms with Gasteiger partial charge in [-0.1, -0.05) is 0 Å². The molecule has 1 rings (SSSR count). The number of non-ortho nitro benzene ring substituents is 1. The van der Waals surface area contributed by atoms with Gasteiger partial charge in [0.2, 0.25) is 0 Å². The number of nitrogens with zero attached hydrogens (tertiary/aromatic N) is 1. The molecule has 0 saturated heterocycles. The van der Waals surface area contributed by atoms with Gasteiger partial charge in [0, 0.05) is 24.8 Å². The zero-order chi connectivity index (χ0) is 12.7. The number of thioether (sulfide) groups is 1. The van der Waals surface area contributed by atoms with Crippen molar-refractivity contribution < 1.29 is 14.8 Å². The van der Waals surface area contributed by atoms with Crippen molar-refractivity contribution in [1.29, 1.82) is 0 Å². The lowest BCUT2D eigenvalue weighted by Gasteiger charge is -2.07. The zero-order valence-corrected chi connectivity index (χ0v) is 10.4. The van der Waals surface area contributed by atoms with E-state index in [1.165, 1.54) is 6.07 Å². The van der Waals surface area contributed by atoms with Crippen LogP contribution in [0.15, 0.2) is 18.2 Å². The zero-order valence-electron chi connectivity index (χ0n) is 9.59. The maximum atomic E-state index is 10.7. The summed E-state index contributed by atoms with van der Waals surface area (Å²) in [6, 6.07) is 4.75. The smallest absolute Gasteiger partial charge is 0.273 e. The van der Waals surface area contributed by atoms with Crippen molar-refractivity contribution in [3.8, 4) is 5.75 Å². The van der Waals surface area contributed by atoms with Gasteiger partial charge in [0.15, 0.2) is 0 Å². The highest BCUT2D eigenvalue weighted by Gasteiger charge is 2.10. The Kier molecular flexibility index (Phi) is 5.79. The Balaban J connectivity index is 2.83. The number of aliphatic hydroxyl groups is 1. The van der Waals surface area contributed by atoms with E-state index in [0.29, 0.717) is 24.5 Å². The van der Waals surface area contributed by atoms with Crippen LogP contribution in [0.1, 0.15) is 12.0 Å². The van der Waals surface area contributed by atoms with Gasteiger partial charge in [-0.15, -0.1) is 0 Å². The number of nitro groups is 1. The molecule has 0 amide bonds. The van der Waals surface area contributed by atoms with Crippen molar-refractivity contribution in [2.75, 3.05) is 19.5 Å². The molecule has 0 saturated carbocycles. The van der Waals surface area contributed by atoms with Crippen LogP contribution in [-0.2, 0) is 5.75 Å². The van der Waals surface area contributed by atoms with Crippen LogP contribution in [0.25, 0.3) is 0 Å². The molecule has 0 unspecified atom stereocenters. The minimum Gasteiger partial charge on any atom is -0.493 e. The maximum Gasteiger partial charge on any atom is 0.273 e. The first-order valence-corrected chi connectivity index (χ1v) is 6.57. The highest BCUT2D eigenvalue weighted by molar-refractivity contribution is 7.97. The number of nitro benzene ring substituents is 1. The molecule has 94 valence electrons. The van der Waals surface area contributed by atoms with Crippen LogP contribution in [0.4, 0.5) is 5.69 Å². The van der Waals surface area contributed by atoms with E-state index in [-0.39, 0.29) is 12.3 Å². The lowest BCUT2D eigenvalue weighted by molar-refractivity contribution is -0.385. The quantitative estimate of drug-likeness (QED) is 0.460. The van der Waals surface area contributed by atoms with E-state index in [1.54, 1.807) is 23.9 Å². The second-order valence-electron chi connectivity index (χ2n) is 3.45. The lowest BCUT2D eigenvalue weighted by Crippen LogP contribution is -2.01. The summed E-state index contributed by atoms with van der Waals surface area (Å²) in [4.78, 5) is 10.3. The van der Waals surface area contributed by atoms with E-state index in [4.69, 9.17) is 9.84 Å². The van der Waals surface area contributed by atoms with Gasteiger partial charge >= 0.3 is 0 Å². The maximum absolute atomic E-state index is 10.7. The molecule has 0 aliphatic carbocycles. The van der Waals surface area contributed by atoms with Crippen molar-refractivity contribution in [3.05, 3.63) is 33.9 Å². The Hall–Kier alpha value is -1.27. The molecule has 0 aliphatic rings. The molecule has 0 aliphatic heterocycles. The molecule has 0 aromatic heterocycles. The molecule has 6 heteroatoms. The van der Waals surface area contributed by atoms with E-state index >= 15 is 0 Å². The summed E-state index contributed by atoms with van der Waals surface area (Å²) >= 11 is 1.59. The average molecular weight is 257 g/mol. The van der Waals surface area contributed by atoms with Crippen LogP contribution in [-0.4, -0.2) is 29.5 Å². The molecule has 5 nitrogen and oxygen atoms in total. The van der Waals surface area contributed by atoms with Gasteiger partial charge in [-0.2, -0.15) is 11.8 Å². The van der Waals surface area contributed by atoms with E-state index < -0.39 is 4.92 Å². The summed E-state index contributed by atoms with van der Waals surface area (Å²) in [7, 11) is 0. The van der Waals surface area contributed by atoms with Crippen LogP contribution >= 0.6 is 11.8 Å². The van der Waals surface area contributed by atoms with Gasteiger partial charge in [-0.3, -0.25) is 10.1 Å². The molecule has 0 spiro atoms. The Morgan fingerprint density at radius 2 is 2.24 bits per heavy atom. The van der Waals surface area contributed by atoms with Crippen molar-refractivity contribution in [1.82, 2.24) is 0 Å². The van der Waals surface area contributed by atoms with Gasteiger partial charge in [0.25, 0.3) is 5.69 Å². The third-order valence-corrected chi connectivity index (χ3v) is 2.67. The average Bonchev–Trinajstić information content (AvgIpc) is 2.29. The summed E-state index contributed by atoms with van der Waals surface area (Å²) in [6.45, 7) is 0.406. The molecule has 17 heavy (non-hydrogen) atoms. The molecular formula is C11H15NO4S. The molecule has 1 aromatic carbocycles. The first-order valence-electron chi connectivity index (χ1n) is 5.18. The highest BCUT2D eigenvalue weighted by atomic mass is 32.2. The van der Waals surface area contributed by atoms with E-state index in [0.717, 1.165) is 5.56 Å². The normalized spacial score (nSPS) is 10.2. The fourth-order valence-electron chi connectivity index (χ4n) is 1.34. The second-order valence-corrected chi connectivity index (χ2v) is 4.32. The van der Waals surface area contributed by atoms with Crippen molar-refractivity contribution >= 4 is 17.4 Å². The second kappa shape index (κ2) is 7.13. The standard InChI is InChI=1S/C11H15NO4S/c1-17-8-9-5-10(12(14)15)7-11(6-9)16-4-2-3-13/h5-7,13H,2-4,8H2,1H3. The van der Waals surface area contributed by atoms with Crippen LogP contribution in [0.2, 0.25) is 0 Å². The topological polar surface area (TPSA) is 72.6 Å². The summed E-state index contributed by atoms with van der Waals surface area (Å²) in [6.07, 6.45) is 2.45. The van der Waals surface area contributed by atoms with Crippen LogP contribution in [0.3, 0.4) is 0 Å². The number of hydrogen-bond acceptors (Lipinski definition) is 5. The summed E-state index contributed by atoms with van der Waals surface area (Å²) < 4.78 is 5.35. The fourth-order valence-corrected chi connectivity index (χ4v) is 1.84. The minimum atomic E-state index is -0.428. The number of rotatable bonds is 7.